The molecule has 0 unspecified atom stereocenters. The van der Waals surface area contributed by atoms with Crippen LogP contribution in [0.5, 0.6) is 5.75 Å². The topological polar surface area (TPSA) is 73.2 Å². The van der Waals surface area contributed by atoms with E-state index in [1.54, 1.807) is 18.2 Å². The van der Waals surface area contributed by atoms with Crippen molar-refractivity contribution >= 4 is 38.1 Å². The standard InChI is InChI=1S/C20H15ClFN3O3S/c21-19-10-16(22)6-8-20(19)28-13-25-12-17(11-23-25)24-29(26,27)18-7-5-14-3-1-2-4-15(14)9-18/h1-12,24H,13H2. The maximum atomic E-state index is 13.1. The van der Waals surface area contributed by atoms with Gasteiger partial charge in [-0.15, -0.1) is 0 Å². The van der Waals surface area contributed by atoms with Crippen LogP contribution in [0.15, 0.2) is 78.0 Å². The molecule has 9 heteroatoms. The molecule has 0 saturated carbocycles. The summed E-state index contributed by atoms with van der Waals surface area (Å²) in [6.45, 7) is -0.0247. The maximum Gasteiger partial charge on any atom is 0.262 e. The van der Waals surface area contributed by atoms with E-state index in [2.05, 4.69) is 9.82 Å². The van der Waals surface area contributed by atoms with Crippen LogP contribution in [0.3, 0.4) is 0 Å². The molecule has 0 spiro atoms. The minimum absolute atomic E-state index is 0.0247. The number of halogens is 2. The van der Waals surface area contributed by atoms with Crippen LogP contribution in [0.4, 0.5) is 10.1 Å². The van der Waals surface area contributed by atoms with Gasteiger partial charge >= 0.3 is 0 Å². The van der Waals surface area contributed by atoms with Crippen LogP contribution in [-0.4, -0.2) is 18.2 Å². The summed E-state index contributed by atoms with van der Waals surface area (Å²) in [7, 11) is -3.78. The van der Waals surface area contributed by atoms with E-state index >= 15 is 0 Å². The van der Waals surface area contributed by atoms with Crippen molar-refractivity contribution in [1.29, 1.82) is 0 Å². The molecular formula is C20H15ClFN3O3S. The molecule has 0 atom stereocenters. The van der Waals surface area contributed by atoms with Crippen molar-refractivity contribution in [2.75, 3.05) is 4.72 Å². The molecule has 148 valence electrons. The highest BCUT2D eigenvalue weighted by Crippen LogP contribution is 2.25. The van der Waals surface area contributed by atoms with Crippen LogP contribution < -0.4 is 9.46 Å². The molecule has 0 aliphatic rings. The number of nitrogens with zero attached hydrogens (tertiary/aromatic N) is 2. The van der Waals surface area contributed by atoms with Crippen LogP contribution in [-0.2, 0) is 16.8 Å². The fourth-order valence-electron chi connectivity index (χ4n) is 2.76. The number of benzene rings is 3. The summed E-state index contributed by atoms with van der Waals surface area (Å²) < 4.78 is 47.8. The average molecular weight is 432 g/mol. The third kappa shape index (κ3) is 4.33. The molecule has 6 nitrogen and oxygen atoms in total. The Hall–Kier alpha value is -3.10. The minimum Gasteiger partial charge on any atom is -0.470 e. The number of ether oxygens (including phenoxy) is 1. The molecule has 0 saturated heterocycles. The van der Waals surface area contributed by atoms with Crippen LogP contribution in [0, 0.1) is 5.82 Å². The second kappa shape index (κ2) is 7.73. The molecule has 1 aromatic heterocycles. The zero-order valence-electron chi connectivity index (χ0n) is 14.9. The lowest BCUT2D eigenvalue weighted by molar-refractivity contribution is 0.221. The van der Waals surface area contributed by atoms with E-state index in [1.807, 2.05) is 24.3 Å². The van der Waals surface area contributed by atoms with Crippen molar-refractivity contribution in [1.82, 2.24) is 9.78 Å². The highest BCUT2D eigenvalue weighted by atomic mass is 35.5. The largest absolute Gasteiger partial charge is 0.470 e. The maximum absolute atomic E-state index is 13.1. The summed E-state index contributed by atoms with van der Waals surface area (Å²) in [5.74, 6) is -0.173. The molecule has 0 radical (unpaired) electrons. The van der Waals surface area contributed by atoms with Crippen LogP contribution in [0.1, 0.15) is 0 Å². The van der Waals surface area contributed by atoms with E-state index in [0.29, 0.717) is 5.75 Å². The van der Waals surface area contributed by atoms with Gasteiger partial charge in [0.15, 0.2) is 6.73 Å². The Bertz CT molecular complexity index is 1290. The minimum atomic E-state index is -3.78. The molecular weight excluding hydrogens is 417 g/mol. The molecule has 0 bridgehead atoms. The van der Waals surface area contributed by atoms with Gasteiger partial charge in [0.2, 0.25) is 0 Å². The van der Waals surface area contributed by atoms with Gasteiger partial charge in [-0.25, -0.2) is 17.5 Å². The summed E-state index contributed by atoms with van der Waals surface area (Å²) in [5, 5.41) is 5.97. The lowest BCUT2D eigenvalue weighted by Gasteiger charge is -2.08. The number of anilines is 1. The van der Waals surface area contributed by atoms with E-state index in [4.69, 9.17) is 16.3 Å². The van der Waals surface area contributed by atoms with Crippen molar-refractivity contribution in [2.45, 2.75) is 11.6 Å². The van der Waals surface area contributed by atoms with Gasteiger partial charge in [0.25, 0.3) is 10.0 Å². The first kappa shape index (κ1) is 19.2. The zero-order chi connectivity index (χ0) is 20.4. The van der Waals surface area contributed by atoms with Crippen molar-refractivity contribution in [3.05, 3.63) is 83.9 Å². The van der Waals surface area contributed by atoms with Gasteiger partial charge in [-0.05, 0) is 41.1 Å². The summed E-state index contributed by atoms with van der Waals surface area (Å²) in [6.07, 6.45) is 2.85. The van der Waals surface area contributed by atoms with Crippen molar-refractivity contribution in [3.63, 3.8) is 0 Å². The summed E-state index contributed by atoms with van der Waals surface area (Å²) in [6, 6.07) is 16.2. The average Bonchev–Trinajstić information content (AvgIpc) is 3.13. The fourth-order valence-corrected chi connectivity index (χ4v) is 4.05. The predicted octanol–water partition coefficient (Wildman–Crippen LogP) is 4.67. The molecule has 3 aromatic carbocycles. The Morgan fingerprint density at radius 1 is 1.07 bits per heavy atom. The smallest absolute Gasteiger partial charge is 0.262 e. The molecule has 1 N–H and O–H groups in total. The van der Waals surface area contributed by atoms with E-state index < -0.39 is 15.8 Å². The number of sulfonamides is 1. The van der Waals surface area contributed by atoms with E-state index in [-0.39, 0.29) is 22.3 Å². The highest BCUT2D eigenvalue weighted by Gasteiger charge is 2.16. The Balaban J connectivity index is 1.47. The van der Waals surface area contributed by atoms with Crippen molar-refractivity contribution in [3.8, 4) is 5.75 Å². The molecule has 0 amide bonds. The molecule has 29 heavy (non-hydrogen) atoms. The normalized spacial score (nSPS) is 11.5. The van der Waals surface area contributed by atoms with Crippen molar-refractivity contribution in [2.24, 2.45) is 0 Å². The fraction of sp³-hybridized carbons (Fsp3) is 0.0500. The van der Waals surface area contributed by atoms with E-state index in [1.165, 1.54) is 29.2 Å². The highest BCUT2D eigenvalue weighted by molar-refractivity contribution is 7.92. The molecule has 0 aliphatic heterocycles. The monoisotopic (exact) mass is 431 g/mol. The Morgan fingerprint density at radius 3 is 2.66 bits per heavy atom. The Labute approximate surface area is 171 Å². The number of nitrogens with one attached hydrogen (secondary N) is 1. The first-order chi connectivity index (χ1) is 13.9. The first-order valence-corrected chi connectivity index (χ1v) is 10.4. The first-order valence-electron chi connectivity index (χ1n) is 8.53. The third-order valence-electron chi connectivity index (χ3n) is 4.16. The lowest BCUT2D eigenvalue weighted by atomic mass is 10.1. The molecule has 1 heterocycles. The van der Waals surface area contributed by atoms with Gasteiger partial charge in [-0.1, -0.05) is 41.9 Å². The number of rotatable bonds is 6. The SMILES string of the molecule is O=S(=O)(Nc1cnn(COc2ccc(F)cc2Cl)c1)c1ccc2ccccc2c1. The number of hydrogen-bond donors (Lipinski definition) is 1. The van der Waals surface area contributed by atoms with Crippen LogP contribution in [0.2, 0.25) is 5.02 Å². The van der Waals surface area contributed by atoms with Crippen LogP contribution in [0.25, 0.3) is 10.8 Å². The third-order valence-corrected chi connectivity index (χ3v) is 5.84. The van der Waals surface area contributed by atoms with Gasteiger partial charge in [-0.3, -0.25) is 4.72 Å². The van der Waals surface area contributed by atoms with Gasteiger partial charge in [0.1, 0.15) is 11.6 Å². The van der Waals surface area contributed by atoms with Gasteiger partial charge in [0, 0.05) is 0 Å². The number of aromatic nitrogens is 2. The predicted molar refractivity (Wildman–Crippen MR) is 109 cm³/mol. The Morgan fingerprint density at radius 2 is 1.86 bits per heavy atom. The molecule has 0 fully saturated rings. The number of fused-ring (bicyclic) bond motifs is 1. The van der Waals surface area contributed by atoms with E-state index in [9.17, 15) is 12.8 Å². The molecule has 0 aliphatic carbocycles. The lowest BCUT2D eigenvalue weighted by Crippen LogP contribution is -2.12. The molecule has 4 rings (SSSR count). The second-order valence-electron chi connectivity index (χ2n) is 6.23. The van der Waals surface area contributed by atoms with Crippen LogP contribution >= 0.6 is 11.6 Å². The molecule has 4 aromatic rings. The summed E-state index contributed by atoms with van der Waals surface area (Å²) in [5.41, 5.74) is 0.284. The second-order valence-corrected chi connectivity index (χ2v) is 8.32. The van der Waals surface area contributed by atoms with Gasteiger partial charge < -0.3 is 4.74 Å². The Kier molecular flexibility index (Phi) is 5.12. The summed E-state index contributed by atoms with van der Waals surface area (Å²) in [4.78, 5) is 0.151. The quantitative estimate of drug-likeness (QED) is 0.481. The van der Waals surface area contributed by atoms with Gasteiger partial charge in [0.05, 0.1) is 28.0 Å². The zero-order valence-corrected chi connectivity index (χ0v) is 16.5. The van der Waals surface area contributed by atoms with Crippen molar-refractivity contribution < 1.29 is 17.5 Å². The number of hydrogen-bond acceptors (Lipinski definition) is 4. The van der Waals surface area contributed by atoms with E-state index in [0.717, 1.165) is 16.8 Å². The van der Waals surface area contributed by atoms with Gasteiger partial charge in [-0.2, -0.15) is 5.10 Å². The summed E-state index contributed by atoms with van der Waals surface area (Å²) >= 11 is 5.91.